The zero-order valence-electron chi connectivity index (χ0n) is 11.7. The average Bonchev–Trinajstić information content (AvgIpc) is 2.43. The molecular weight excluding hydrogens is 322 g/mol. The first kappa shape index (κ1) is 15.0. The van der Waals surface area contributed by atoms with Crippen LogP contribution >= 0.6 is 15.9 Å². The number of rotatable bonds is 4. The number of piperidine rings is 1. The Kier molecular flexibility index (Phi) is 4.81. The van der Waals surface area contributed by atoms with Crippen LogP contribution in [-0.4, -0.2) is 36.8 Å². The first-order chi connectivity index (χ1) is 9.52. The lowest BCUT2D eigenvalue weighted by atomic mass is 9.98. The SMILES string of the molecule is COc1ccc(C(=O)CN2CCCC(C)C2=O)cc1Br. The number of ketones is 1. The molecule has 1 saturated heterocycles. The largest absolute Gasteiger partial charge is 0.496 e. The molecule has 1 aliphatic rings. The number of nitrogens with zero attached hydrogens (tertiary/aromatic N) is 1. The van der Waals surface area contributed by atoms with Crippen molar-refractivity contribution in [2.75, 3.05) is 20.2 Å². The number of benzene rings is 1. The maximum absolute atomic E-state index is 12.3. The molecule has 0 radical (unpaired) electrons. The Morgan fingerprint density at radius 3 is 2.90 bits per heavy atom. The molecule has 108 valence electrons. The summed E-state index contributed by atoms with van der Waals surface area (Å²) in [5, 5.41) is 0. The van der Waals surface area contributed by atoms with Crippen LogP contribution in [0.3, 0.4) is 0 Å². The number of carbonyl (C=O) groups excluding carboxylic acids is 2. The van der Waals surface area contributed by atoms with Gasteiger partial charge in [-0.05, 0) is 47.0 Å². The summed E-state index contributed by atoms with van der Waals surface area (Å²) in [6.45, 7) is 2.75. The quantitative estimate of drug-likeness (QED) is 0.792. The molecule has 1 aromatic carbocycles. The van der Waals surface area contributed by atoms with Gasteiger partial charge in [-0.2, -0.15) is 0 Å². The number of hydrogen-bond acceptors (Lipinski definition) is 3. The molecule has 1 heterocycles. The van der Waals surface area contributed by atoms with Gasteiger partial charge in [0, 0.05) is 18.0 Å². The van der Waals surface area contributed by atoms with Crippen molar-refractivity contribution < 1.29 is 14.3 Å². The van der Waals surface area contributed by atoms with E-state index >= 15 is 0 Å². The molecule has 0 aliphatic carbocycles. The molecule has 4 nitrogen and oxygen atoms in total. The highest BCUT2D eigenvalue weighted by Crippen LogP contribution is 2.26. The van der Waals surface area contributed by atoms with Crippen molar-refractivity contribution in [3.8, 4) is 5.75 Å². The lowest BCUT2D eigenvalue weighted by Gasteiger charge is -2.30. The highest BCUT2D eigenvalue weighted by Gasteiger charge is 2.26. The summed E-state index contributed by atoms with van der Waals surface area (Å²) in [5.41, 5.74) is 0.587. The maximum atomic E-state index is 12.3. The van der Waals surface area contributed by atoms with Gasteiger partial charge in [0.05, 0.1) is 18.1 Å². The molecule has 0 saturated carbocycles. The molecule has 2 rings (SSSR count). The third-order valence-electron chi connectivity index (χ3n) is 3.61. The summed E-state index contributed by atoms with van der Waals surface area (Å²) in [6.07, 6.45) is 1.88. The van der Waals surface area contributed by atoms with Crippen LogP contribution in [0.25, 0.3) is 0 Å². The first-order valence-electron chi connectivity index (χ1n) is 6.68. The van der Waals surface area contributed by atoms with Crippen LogP contribution in [0, 0.1) is 5.92 Å². The smallest absolute Gasteiger partial charge is 0.225 e. The summed E-state index contributed by atoms with van der Waals surface area (Å²) in [5.74, 6) is 0.747. The van der Waals surface area contributed by atoms with Crippen LogP contribution < -0.4 is 4.74 Å². The van der Waals surface area contributed by atoms with Crippen molar-refractivity contribution in [2.45, 2.75) is 19.8 Å². The number of Topliss-reactive ketones (excluding diaryl/α,β-unsaturated/α-hetero) is 1. The zero-order chi connectivity index (χ0) is 14.7. The lowest BCUT2D eigenvalue weighted by molar-refractivity contribution is -0.137. The van der Waals surface area contributed by atoms with E-state index in [1.807, 2.05) is 6.92 Å². The number of halogens is 1. The zero-order valence-corrected chi connectivity index (χ0v) is 13.3. The molecule has 0 aromatic heterocycles. The predicted molar refractivity (Wildman–Crippen MR) is 80.0 cm³/mol. The highest BCUT2D eigenvalue weighted by molar-refractivity contribution is 9.10. The Bertz CT molecular complexity index is 530. The number of hydrogen-bond donors (Lipinski definition) is 0. The number of carbonyl (C=O) groups is 2. The van der Waals surface area contributed by atoms with Crippen molar-refractivity contribution >= 4 is 27.6 Å². The van der Waals surface area contributed by atoms with Gasteiger partial charge < -0.3 is 9.64 Å². The first-order valence-corrected chi connectivity index (χ1v) is 7.47. The molecule has 1 atom stereocenters. The minimum absolute atomic E-state index is 0.0270. The van der Waals surface area contributed by atoms with E-state index in [1.54, 1.807) is 30.2 Å². The maximum Gasteiger partial charge on any atom is 0.225 e. The van der Waals surface area contributed by atoms with Crippen molar-refractivity contribution in [1.29, 1.82) is 0 Å². The topological polar surface area (TPSA) is 46.6 Å². The van der Waals surface area contributed by atoms with Gasteiger partial charge in [0.15, 0.2) is 5.78 Å². The molecule has 0 bridgehead atoms. The van der Waals surface area contributed by atoms with E-state index in [0.717, 1.165) is 17.3 Å². The lowest BCUT2D eigenvalue weighted by Crippen LogP contribution is -2.43. The van der Waals surface area contributed by atoms with Crippen molar-refractivity contribution in [3.05, 3.63) is 28.2 Å². The van der Waals surface area contributed by atoms with Crippen LogP contribution in [0.1, 0.15) is 30.1 Å². The fraction of sp³-hybridized carbons (Fsp3) is 0.467. The second kappa shape index (κ2) is 6.39. The fourth-order valence-electron chi connectivity index (χ4n) is 2.40. The number of ether oxygens (including phenoxy) is 1. The van der Waals surface area contributed by atoms with Crippen LogP contribution in [0.4, 0.5) is 0 Å². The Morgan fingerprint density at radius 2 is 2.25 bits per heavy atom. The summed E-state index contributed by atoms with van der Waals surface area (Å²) in [4.78, 5) is 25.9. The highest BCUT2D eigenvalue weighted by atomic mass is 79.9. The number of likely N-dealkylation sites (tertiary alicyclic amines) is 1. The number of amides is 1. The van der Waals surface area contributed by atoms with Crippen molar-refractivity contribution in [2.24, 2.45) is 5.92 Å². The third kappa shape index (κ3) is 3.20. The summed E-state index contributed by atoms with van der Waals surface area (Å²) < 4.78 is 5.88. The van der Waals surface area contributed by atoms with Crippen LogP contribution in [0.2, 0.25) is 0 Å². The summed E-state index contributed by atoms with van der Waals surface area (Å²) in [6, 6.07) is 5.21. The Morgan fingerprint density at radius 1 is 1.50 bits per heavy atom. The van der Waals surface area contributed by atoms with Crippen LogP contribution in [0.5, 0.6) is 5.75 Å². The second-order valence-electron chi connectivity index (χ2n) is 5.08. The van der Waals surface area contributed by atoms with E-state index in [2.05, 4.69) is 15.9 Å². The van der Waals surface area contributed by atoms with Gasteiger partial charge in [0.25, 0.3) is 0 Å². The van der Waals surface area contributed by atoms with Crippen molar-refractivity contribution in [1.82, 2.24) is 4.90 Å². The molecule has 0 spiro atoms. The minimum atomic E-state index is -0.0456. The molecular formula is C15H18BrNO3. The van der Waals surface area contributed by atoms with E-state index < -0.39 is 0 Å². The van der Waals surface area contributed by atoms with Crippen LogP contribution in [-0.2, 0) is 4.79 Å². The monoisotopic (exact) mass is 339 g/mol. The van der Waals surface area contributed by atoms with E-state index in [-0.39, 0.29) is 24.2 Å². The van der Waals surface area contributed by atoms with Gasteiger partial charge in [-0.1, -0.05) is 6.92 Å². The van der Waals surface area contributed by atoms with E-state index in [4.69, 9.17) is 4.74 Å². The predicted octanol–water partition coefficient (Wildman–Crippen LogP) is 2.90. The Labute approximate surface area is 127 Å². The Balaban J connectivity index is 2.08. The Hall–Kier alpha value is -1.36. The van der Waals surface area contributed by atoms with Gasteiger partial charge in [-0.15, -0.1) is 0 Å². The molecule has 1 amide bonds. The minimum Gasteiger partial charge on any atom is -0.496 e. The van der Waals surface area contributed by atoms with Gasteiger partial charge in [0.2, 0.25) is 5.91 Å². The van der Waals surface area contributed by atoms with Gasteiger partial charge in [0.1, 0.15) is 5.75 Å². The second-order valence-corrected chi connectivity index (χ2v) is 5.93. The molecule has 1 fully saturated rings. The van der Waals surface area contributed by atoms with Gasteiger partial charge >= 0.3 is 0 Å². The van der Waals surface area contributed by atoms with Crippen LogP contribution in [0.15, 0.2) is 22.7 Å². The summed E-state index contributed by atoms with van der Waals surface area (Å²) in [7, 11) is 1.58. The molecule has 20 heavy (non-hydrogen) atoms. The molecule has 1 aromatic rings. The standard InChI is InChI=1S/C15H18BrNO3/c1-10-4-3-7-17(15(10)19)9-13(18)11-5-6-14(20-2)12(16)8-11/h5-6,8,10H,3-4,7,9H2,1-2H3. The van der Waals surface area contributed by atoms with E-state index in [0.29, 0.717) is 17.9 Å². The van der Waals surface area contributed by atoms with E-state index in [1.165, 1.54) is 0 Å². The average molecular weight is 340 g/mol. The molecule has 1 aliphatic heterocycles. The fourth-order valence-corrected chi connectivity index (χ4v) is 2.94. The van der Waals surface area contributed by atoms with Gasteiger partial charge in [-0.3, -0.25) is 9.59 Å². The molecule has 1 unspecified atom stereocenters. The normalized spacial score (nSPS) is 19.1. The van der Waals surface area contributed by atoms with E-state index in [9.17, 15) is 9.59 Å². The third-order valence-corrected chi connectivity index (χ3v) is 4.23. The van der Waals surface area contributed by atoms with Gasteiger partial charge in [-0.25, -0.2) is 0 Å². The molecule has 0 N–H and O–H groups in total. The number of methoxy groups -OCH3 is 1. The van der Waals surface area contributed by atoms with Crippen molar-refractivity contribution in [3.63, 3.8) is 0 Å². The summed E-state index contributed by atoms with van der Waals surface area (Å²) >= 11 is 3.36. The molecule has 5 heteroatoms.